The van der Waals surface area contributed by atoms with E-state index in [2.05, 4.69) is 4.74 Å². The van der Waals surface area contributed by atoms with Crippen LogP contribution >= 0.6 is 24.0 Å². The summed E-state index contributed by atoms with van der Waals surface area (Å²) in [5.41, 5.74) is 6.80. The fraction of sp³-hybridized carbons (Fsp3) is 0.350. The molecule has 0 radical (unpaired) electrons. The van der Waals surface area contributed by atoms with E-state index in [9.17, 15) is 19.2 Å². The fourth-order valence-corrected chi connectivity index (χ4v) is 4.44. The summed E-state index contributed by atoms with van der Waals surface area (Å²) < 4.78 is 4.60. The number of benzene rings is 1. The second kappa shape index (κ2) is 8.87. The minimum atomic E-state index is -1.02. The summed E-state index contributed by atoms with van der Waals surface area (Å²) in [5, 5.41) is 0. The molecule has 1 aliphatic heterocycles. The molecule has 29 heavy (non-hydrogen) atoms. The molecule has 0 spiro atoms. The summed E-state index contributed by atoms with van der Waals surface area (Å²) in [6.45, 7) is 0.452. The third-order valence-electron chi connectivity index (χ3n) is 4.93. The number of ether oxygens (including phenoxy) is 1. The van der Waals surface area contributed by atoms with Crippen LogP contribution in [0.1, 0.15) is 16.8 Å². The first kappa shape index (κ1) is 21.2. The number of hydrogen-bond donors (Lipinski definition) is 1. The molecule has 1 fully saturated rings. The van der Waals surface area contributed by atoms with Gasteiger partial charge in [0, 0.05) is 23.4 Å². The summed E-state index contributed by atoms with van der Waals surface area (Å²) in [6.07, 6.45) is 1.87. The average Bonchev–Trinajstić information content (AvgIpc) is 3.08. The standard InChI is InChI=1S/C20H20N2O5S2/c1-27-17(25)10-29-13-4-2-11(3-5-13)16(24)9-22-7-12-6-15(23)18(20(21)28)19(26)14(12)8-22/h2-5,7,14,18H,6,8-10H2,1H3,(H2,21,28). The number of hydrogen-bond acceptors (Lipinski definition) is 8. The van der Waals surface area contributed by atoms with Gasteiger partial charge >= 0.3 is 5.97 Å². The van der Waals surface area contributed by atoms with E-state index < -0.39 is 11.8 Å². The van der Waals surface area contributed by atoms with Gasteiger partial charge in [0.1, 0.15) is 5.92 Å². The van der Waals surface area contributed by atoms with Gasteiger partial charge < -0.3 is 15.4 Å². The molecule has 2 unspecified atom stereocenters. The number of carbonyl (C=O) groups is 4. The number of nitrogens with two attached hydrogens (primary N) is 1. The maximum absolute atomic E-state index is 12.6. The predicted octanol–water partition coefficient (Wildman–Crippen LogP) is 1.39. The van der Waals surface area contributed by atoms with Crippen molar-refractivity contribution in [2.75, 3.05) is 26.0 Å². The van der Waals surface area contributed by atoms with Crippen LogP contribution in [0.4, 0.5) is 0 Å². The Morgan fingerprint density at radius 2 is 1.97 bits per heavy atom. The quantitative estimate of drug-likeness (QED) is 0.225. The molecule has 1 heterocycles. The molecule has 2 atom stereocenters. The molecule has 152 valence electrons. The molecule has 2 aliphatic rings. The normalized spacial score (nSPS) is 20.9. The van der Waals surface area contributed by atoms with Crippen LogP contribution in [0.5, 0.6) is 0 Å². The highest BCUT2D eigenvalue weighted by Crippen LogP contribution is 2.34. The van der Waals surface area contributed by atoms with Crippen LogP contribution in [-0.2, 0) is 19.1 Å². The van der Waals surface area contributed by atoms with Crippen molar-refractivity contribution in [3.8, 4) is 0 Å². The minimum absolute atomic E-state index is 0.0845. The van der Waals surface area contributed by atoms with Crippen molar-refractivity contribution in [1.29, 1.82) is 0 Å². The van der Waals surface area contributed by atoms with Crippen molar-refractivity contribution in [2.24, 2.45) is 17.6 Å². The lowest BCUT2D eigenvalue weighted by molar-refractivity contribution is -0.137. The van der Waals surface area contributed by atoms with E-state index >= 15 is 0 Å². The van der Waals surface area contributed by atoms with E-state index in [-0.39, 0.29) is 47.0 Å². The van der Waals surface area contributed by atoms with Crippen LogP contribution in [0, 0.1) is 11.8 Å². The summed E-state index contributed by atoms with van der Waals surface area (Å²) in [6, 6.07) is 6.96. The Kier molecular flexibility index (Phi) is 6.49. The van der Waals surface area contributed by atoms with Crippen LogP contribution in [0.3, 0.4) is 0 Å². The third-order valence-corrected chi connectivity index (χ3v) is 6.15. The van der Waals surface area contributed by atoms with Gasteiger partial charge in [0.05, 0.1) is 30.3 Å². The molecule has 3 rings (SSSR count). The molecule has 0 saturated heterocycles. The van der Waals surface area contributed by atoms with Crippen molar-refractivity contribution in [3.63, 3.8) is 0 Å². The maximum Gasteiger partial charge on any atom is 0.315 e. The van der Waals surface area contributed by atoms with Crippen molar-refractivity contribution in [1.82, 2.24) is 4.90 Å². The maximum atomic E-state index is 12.6. The highest BCUT2D eigenvalue weighted by atomic mass is 32.2. The molecule has 1 aromatic rings. The lowest BCUT2D eigenvalue weighted by Crippen LogP contribution is -2.44. The lowest BCUT2D eigenvalue weighted by atomic mass is 9.77. The Hall–Kier alpha value is -2.52. The van der Waals surface area contributed by atoms with Crippen molar-refractivity contribution in [3.05, 3.63) is 41.6 Å². The van der Waals surface area contributed by atoms with Gasteiger partial charge in [-0.25, -0.2) is 0 Å². The average molecular weight is 433 g/mol. The monoisotopic (exact) mass is 432 g/mol. The first-order valence-electron chi connectivity index (χ1n) is 8.93. The second-order valence-electron chi connectivity index (χ2n) is 6.88. The summed E-state index contributed by atoms with van der Waals surface area (Å²) in [5.74, 6) is -2.23. The predicted molar refractivity (Wildman–Crippen MR) is 112 cm³/mol. The topological polar surface area (TPSA) is 107 Å². The molecule has 1 saturated carbocycles. The van der Waals surface area contributed by atoms with E-state index in [4.69, 9.17) is 18.0 Å². The summed E-state index contributed by atoms with van der Waals surface area (Å²) in [4.78, 5) is 51.0. The zero-order valence-electron chi connectivity index (χ0n) is 15.8. The van der Waals surface area contributed by atoms with Crippen molar-refractivity contribution < 1.29 is 23.9 Å². The molecule has 0 bridgehead atoms. The number of thioether (sulfide) groups is 1. The molecule has 0 amide bonds. The number of carbonyl (C=O) groups excluding carboxylic acids is 4. The zero-order valence-corrected chi connectivity index (χ0v) is 17.4. The fourth-order valence-electron chi connectivity index (χ4n) is 3.46. The number of thiocarbonyl (C=S) groups is 1. The number of rotatable bonds is 7. The largest absolute Gasteiger partial charge is 0.468 e. The van der Waals surface area contributed by atoms with Gasteiger partial charge in [0.25, 0.3) is 0 Å². The number of ketones is 3. The van der Waals surface area contributed by atoms with Gasteiger partial charge in [0.2, 0.25) is 0 Å². The Morgan fingerprint density at radius 1 is 1.28 bits per heavy atom. The summed E-state index contributed by atoms with van der Waals surface area (Å²) in [7, 11) is 1.34. The van der Waals surface area contributed by atoms with E-state index in [1.54, 1.807) is 35.4 Å². The molecule has 9 heteroatoms. The highest BCUT2D eigenvalue weighted by molar-refractivity contribution is 8.00. The van der Waals surface area contributed by atoms with E-state index in [1.807, 2.05) is 0 Å². The van der Waals surface area contributed by atoms with Gasteiger partial charge in [-0.05, 0) is 23.9 Å². The molecular formula is C20H20N2O5S2. The second-order valence-corrected chi connectivity index (χ2v) is 8.40. The first-order valence-corrected chi connectivity index (χ1v) is 10.3. The van der Waals surface area contributed by atoms with E-state index in [0.29, 0.717) is 12.1 Å². The molecule has 2 N–H and O–H groups in total. The Bertz CT molecular complexity index is 910. The Labute approximate surface area is 177 Å². The third kappa shape index (κ3) is 4.73. The highest BCUT2D eigenvalue weighted by Gasteiger charge is 2.44. The minimum Gasteiger partial charge on any atom is -0.468 e. The number of fused-ring (bicyclic) bond motifs is 1. The molecule has 1 aliphatic carbocycles. The Morgan fingerprint density at radius 3 is 2.59 bits per heavy atom. The SMILES string of the molecule is COC(=O)CSc1ccc(C(=O)CN2C=C3CC(=O)C(C(N)=S)C(=O)C3C2)cc1. The smallest absolute Gasteiger partial charge is 0.315 e. The van der Waals surface area contributed by atoms with Crippen molar-refractivity contribution in [2.45, 2.75) is 11.3 Å². The number of Topliss-reactive ketones (excluding diaryl/α,β-unsaturated/α-hetero) is 3. The number of methoxy groups -OCH3 is 1. The van der Waals surface area contributed by atoms with Gasteiger partial charge in [-0.1, -0.05) is 24.4 Å². The Balaban J connectivity index is 1.61. The van der Waals surface area contributed by atoms with Gasteiger partial charge in [0.15, 0.2) is 17.3 Å². The van der Waals surface area contributed by atoms with Crippen LogP contribution in [0.15, 0.2) is 40.9 Å². The molecule has 7 nitrogen and oxygen atoms in total. The molecule has 1 aromatic carbocycles. The molecular weight excluding hydrogens is 412 g/mol. The summed E-state index contributed by atoms with van der Waals surface area (Å²) >= 11 is 6.19. The van der Waals surface area contributed by atoms with Crippen LogP contribution in [-0.4, -0.2) is 59.2 Å². The van der Waals surface area contributed by atoms with Crippen LogP contribution in [0.25, 0.3) is 0 Å². The van der Waals surface area contributed by atoms with Crippen molar-refractivity contribution >= 4 is 52.3 Å². The van der Waals surface area contributed by atoms with Crippen LogP contribution < -0.4 is 5.73 Å². The lowest BCUT2D eigenvalue weighted by Gasteiger charge is -2.25. The van der Waals surface area contributed by atoms with Gasteiger partial charge in [-0.3, -0.25) is 19.2 Å². The first-order chi connectivity index (χ1) is 13.8. The van der Waals surface area contributed by atoms with Crippen LogP contribution in [0.2, 0.25) is 0 Å². The number of nitrogens with zero attached hydrogens (tertiary/aromatic N) is 1. The molecule has 0 aromatic heterocycles. The van der Waals surface area contributed by atoms with E-state index in [0.717, 1.165) is 10.5 Å². The van der Waals surface area contributed by atoms with E-state index in [1.165, 1.54) is 18.9 Å². The zero-order chi connectivity index (χ0) is 21.1. The van der Waals surface area contributed by atoms with Gasteiger partial charge in [-0.15, -0.1) is 11.8 Å². The number of esters is 1. The van der Waals surface area contributed by atoms with Gasteiger partial charge in [-0.2, -0.15) is 0 Å².